The molecule has 0 aliphatic rings. The van der Waals surface area contributed by atoms with Crippen LogP contribution in [0.4, 0.5) is 4.39 Å². The summed E-state index contributed by atoms with van der Waals surface area (Å²) < 4.78 is 19.1. The number of hydrogen-bond donors (Lipinski definition) is 1. The van der Waals surface area contributed by atoms with E-state index in [2.05, 4.69) is 22.9 Å². The van der Waals surface area contributed by atoms with E-state index in [4.69, 9.17) is 9.84 Å². The van der Waals surface area contributed by atoms with Crippen molar-refractivity contribution in [2.24, 2.45) is 0 Å². The van der Waals surface area contributed by atoms with Crippen LogP contribution in [0.2, 0.25) is 0 Å². The third-order valence-corrected chi connectivity index (χ3v) is 3.56. The first-order valence-electron chi connectivity index (χ1n) is 6.42. The molecule has 0 unspecified atom stereocenters. The van der Waals surface area contributed by atoms with Crippen LogP contribution in [-0.4, -0.2) is 17.7 Å². The van der Waals surface area contributed by atoms with E-state index in [1.165, 1.54) is 25.0 Å². The van der Waals surface area contributed by atoms with Gasteiger partial charge in [-0.2, -0.15) is 0 Å². The number of benzene rings is 1. The Bertz CT molecular complexity index is 435. The summed E-state index contributed by atoms with van der Waals surface area (Å²) in [6.07, 6.45) is 5.47. The van der Waals surface area contributed by atoms with Gasteiger partial charge in [0.05, 0.1) is 16.6 Å². The highest BCUT2D eigenvalue weighted by Crippen LogP contribution is 2.28. The Labute approximate surface area is 120 Å². The minimum absolute atomic E-state index is 0.0662. The zero-order valence-corrected chi connectivity index (χ0v) is 12.5. The van der Waals surface area contributed by atoms with Gasteiger partial charge in [0.2, 0.25) is 0 Å². The SMILES string of the molecule is CCCCCCCOc1ccc(C(=O)O)c(Br)c1F. The van der Waals surface area contributed by atoms with Gasteiger partial charge in [-0.1, -0.05) is 32.6 Å². The molecular weight excluding hydrogens is 315 g/mol. The van der Waals surface area contributed by atoms with Crippen LogP contribution in [0, 0.1) is 5.82 Å². The molecule has 1 aromatic rings. The smallest absolute Gasteiger partial charge is 0.336 e. The monoisotopic (exact) mass is 332 g/mol. The molecule has 1 N–H and O–H groups in total. The summed E-state index contributed by atoms with van der Waals surface area (Å²) in [5.74, 6) is -1.74. The van der Waals surface area contributed by atoms with E-state index < -0.39 is 11.8 Å². The molecule has 106 valence electrons. The van der Waals surface area contributed by atoms with Crippen LogP contribution in [0.25, 0.3) is 0 Å². The maximum absolute atomic E-state index is 13.8. The molecule has 0 radical (unpaired) electrons. The molecule has 0 amide bonds. The predicted octanol–water partition coefficient (Wildman–Crippen LogP) is 4.64. The Morgan fingerprint density at radius 2 is 2.00 bits per heavy atom. The number of halogens is 2. The second-order valence-corrected chi connectivity index (χ2v) is 5.10. The van der Waals surface area contributed by atoms with Crippen LogP contribution in [0.5, 0.6) is 5.75 Å². The molecule has 0 saturated heterocycles. The number of aromatic carboxylic acids is 1. The molecule has 0 aromatic heterocycles. The molecule has 0 heterocycles. The summed E-state index contributed by atoms with van der Waals surface area (Å²) in [5.41, 5.74) is -0.104. The average Bonchev–Trinajstić information content (AvgIpc) is 2.38. The minimum Gasteiger partial charge on any atom is -0.490 e. The fraction of sp³-hybridized carbons (Fsp3) is 0.500. The molecule has 0 saturated carbocycles. The molecule has 0 fully saturated rings. The molecule has 0 atom stereocenters. The van der Waals surface area contributed by atoms with Gasteiger partial charge in [-0.15, -0.1) is 0 Å². The first-order chi connectivity index (χ1) is 9.07. The molecule has 0 aliphatic carbocycles. The maximum atomic E-state index is 13.8. The van der Waals surface area contributed by atoms with Gasteiger partial charge in [0.25, 0.3) is 0 Å². The predicted molar refractivity (Wildman–Crippen MR) is 75.3 cm³/mol. The topological polar surface area (TPSA) is 46.5 Å². The van der Waals surface area contributed by atoms with E-state index in [0.29, 0.717) is 6.61 Å². The summed E-state index contributed by atoms with van der Waals surface area (Å²) >= 11 is 2.94. The van der Waals surface area contributed by atoms with Crippen LogP contribution < -0.4 is 4.74 Å². The standard InChI is InChI=1S/C14H18BrFO3/c1-2-3-4-5-6-9-19-11-8-7-10(14(17)18)12(15)13(11)16/h7-8H,2-6,9H2,1H3,(H,17,18). The van der Waals surface area contributed by atoms with Gasteiger partial charge in [0.1, 0.15) is 0 Å². The third-order valence-electron chi connectivity index (χ3n) is 2.78. The van der Waals surface area contributed by atoms with Gasteiger partial charge < -0.3 is 9.84 Å². The molecule has 0 spiro atoms. The lowest BCUT2D eigenvalue weighted by Gasteiger charge is -2.09. The lowest BCUT2D eigenvalue weighted by atomic mass is 10.2. The molecule has 1 rings (SSSR count). The summed E-state index contributed by atoms with van der Waals surface area (Å²) in [6.45, 7) is 2.59. The van der Waals surface area contributed by atoms with Crippen molar-refractivity contribution >= 4 is 21.9 Å². The molecule has 1 aromatic carbocycles. The van der Waals surface area contributed by atoms with E-state index >= 15 is 0 Å². The Morgan fingerprint density at radius 1 is 1.32 bits per heavy atom. The van der Waals surface area contributed by atoms with Crippen LogP contribution in [0.3, 0.4) is 0 Å². The van der Waals surface area contributed by atoms with Crippen LogP contribution in [0.1, 0.15) is 49.4 Å². The Hall–Kier alpha value is -1.10. The Morgan fingerprint density at radius 3 is 2.63 bits per heavy atom. The normalized spacial score (nSPS) is 10.5. The summed E-state index contributed by atoms with van der Waals surface area (Å²) in [4.78, 5) is 10.8. The number of unbranched alkanes of at least 4 members (excludes halogenated alkanes) is 4. The number of hydrogen-bond acceptors (Lipinski definition) is 2. The molecule has 19 heavy (non-hydrogen) atoms. The van der Waals surface area contributed by atoms with Crippen molar-refractivity contribution in [3.63, 3.8) is 0 Å². The highest BCUT2D eigenvalue weighted by Gasteiger charge is 2.16. The van der Waals surface area contributed by atoms with Crippen LogP contribution in [0.15, 0.2) is 16.6 Å². The highest BCUT2D eigenvalue weighted by atomic mass is 79.9. The lowest BCUT2D eigenvalue weighted by Crippen LogP contribution is -2.03. The fourth-order valence-corrected chi connectivity index (χ4v) is 2.19. The molecule has 0 bridgehead atoms. The molecular formula is C14H18BrFO3. The second kappa shape index (κ2) is 8.15. The van der Waals surface area contributed by atoms with Crippen LogP contribution in [-0.2, 0) is 0 Å². The summed E-state index contributed by atoms with van der Waals surface area (Å²) in [7, 11) is 0. The van der Waals surface area contributed by atoms with Crippen molar-refractivity contribution in [3.8, 4) is 5.75 Å². The number of carboxylic acid groups (broad SMARTS) is 1. The van der Waals surface area contributed by atoms with E-state index in [9.17, 15) is 9.18 Å². The Balaban J connectivity index is 2.51. The zero-order valence-electron chi connectivity index (χ0n) is 10.9. The van der Waals surface area contributed by atoms with E-state index in [1.54, 1.807) is 0 Å². The van der Waals surface area contributed by atoms with Crippen molar-refractivity contribution in [3.05, 3.63) is 28.0 Å². The van der Waals surface area contributed by atoms with Crippen molar-refractivity contribution in [2.75, 3.05) is 6.61 Å². The maximum Gasteiger partial charge on any atom is 0.336 e. The third kappa shape index (κ3) is 4.82. The largest absolute Gasteiger partial charge is 0.490 e. The highest BCUT2D eigenvalue weighted by molar-refractivity contribution is 9.10. The van der Waals surface area contributed by atoms with Crippen LogP contribution >= 0.6 is 15.9 Å². The van der Waals surface area contributed by atoms with E-state index in [0.717, 1.165) is 19.3 Å². The second-order valence-electron chi connectivity index (χ2n) is 4.31. The minimum atomic E-state index is -1.17. The van der Waals surface area contributed by atoms with E-state index in [-0.39, 0.29) is 15.8 Å². The van der Waals surface area contributed by atoms with Crippen molar-refractivity contribution in [2.45, 2.75) is 39.0 Å². The average molecular weight is 333 g/mol. The zero-order chi connectivity index (χ0) is 14.3. The fourth-order valence-electron chi connectivity index (χ4n) is 1.70. The molecule has 0 aliphatic heterocycles. The van der Waals surface area contributed by atoms with Crippen molar-refractivity contribution < 1.29 is 19.0 Å². The summed E-state index contributed by atoms with van der Waals surface area (Å²) in [6, 6.07) is 2.69. The number of ether oxygens (including phenoxy) is 1. The molecule has 5 heteroatoms. The van der Waals surface area contributed by atoms with E-state index in [1.807, 2.05) is 0 Å². The van der Waals surface area contributed by atoms with Crippen molar-refractivity contribution in [1.82, 2.24) is 0 Å². The van der Waals surface area contributed by atoms with Gasteiger partial charge in [-0.25, -0.2) is 9.18 Å². The van der Waals surface area contributed by atoms with Gasteiger partial charge in [-0.3, -0.25) is 0 Å². The number of carbonyl (C=O) groups is 1. The number of carboxylic acids is 1. The molecule has 3 nitrogen and oxygen atoms in total. The first-order valence-corrected chi connectivity index (χ1v) is 7.21. The van der Waals surface area contributed by atoms with Gasteiger partial charge in [0, 0.05) is 0 Å². The van der Waals surface area contributed by atoms with Gasteiger partial charge >= 0.3 is 5.97 Å². The lowest BCUT2D eigenvalue weighted by molar-refractivity contribution is 0.0695. The summed E-state index contributed by atoms with van der Waals surface area (Å²) in [5, 5.41) is 8.84. The van der Waals surface area contributed by atoms with Gasteiger partial charge in [0.15, 0.2) is 11.6 Å². The first kappa shape index (κ1) is 16.0. The van der Waals surface area contributed by atoms with Crippen molar-refractivity contribution in [1.29, 1.82) is 0 Å². The Kier molecular flexibility index (Phi) is 6.84. The number of rotatable bonds is 8. The van der Waals surface area contributed by atoms with Gasteiger partial charge in [-0.05, 0) is 34.5 Å². The quantitative estimate of drug-likeness (QED) is 0.705.